The molecular weight excluding hydrogens is 292 g/mol. The highest BCUT2D eigenvalue weighted by atomic mass is 35.5. The maximum Gasteiger partial charge on any atom is 0.339 e. The number of rotatable bonds is 3. The number of amides is 2. The topological polar surface area (TPSA) is 69.6 Å². The smallest absolute Gasteiger partial charge is 0.339 e. The molecule has 2 N–H and O–H groups in total. The number of anilines is 1. The number of likely N-dealkylation sites (tertiary alicyclic amines) is 1. The Morgan fingerprint density at radius 2 is 2.19 bits per heavy atom. The average Bonchev–Trinajstić information content (AvgIpc) is 2.46. The monoisotopic (exact) mass is 310 g/mol. The van der Waals surface area contributed by atoms with Crippen LogP contribution in [-0.4, -0.2) is 34.6 Å². The molecule has 1 aliphatic heterocycles. The molecule has 0 aromatic heterocycles. The highest BCUT2D eigenvalue weighted by molar-refractivity contribution is 6.34. The molecular formula is C15H19ClN2O3. The third-order valence-electron chi connectivity index (χ3n) is 3.83. The molecule has 1 heterocycles. The summed E-state index contributed by atoms with van der Waals surface area (Å²) in [7, 11) is 0. The minimum Gasteiger partial charge on any atom is -0.478 e. The number of nitrogens with one attached hydrogen (secondary N) is 1. The van der Waals surface area contributed by atoms with E-state index in [2.05, 4.69) is 12.2 Å². The van der Waals surface area contributed by atoms with Crippen molar-refractivity contribution in [1.29, 1.82) is 0 Å². The van der Waals surface area contributed by atoms with E-state index in [0.29, 0.717) is 6.54 Å². The summed E-state index contributed by atoms with van der Waals surface area (Å²) in [5.41, 5.74) is 0.165. The Morgan fingerprint density at radius 3 is 2.86 bits per heavy atom. The van der Waals surface area contributed by atoms with Crippen molar-refractivity contribution in [2.24, 2.45) is 0 Å². The number of urea groups is 1. The van der Waals surface area contributed by atoms with E-state index in [-0.39, 0.29) is 28.3 Å². The molecule has 1 saturated heterocycles. The first-order valence-electron chi connectivity index (χ1n) is 7.14. The van der Waals surface area contributed by atoms with Gasteiger partial charge in [0.1, 0.15) is 5.56 Å². The molecule has 1 atom stereocenters. The van der Waals surface area contributed by atoms with Crippen molar-refractivity contribution >= 4 is 29.3 Å². The van der Waals surface area contributed by atoms with Crippen LogP contribution in [0.2, 0.25) is 5.02 Å². The zero-order valence-electron chi connectivity index (χ0n) is 11.9. The summed E-state index contributed by atoms with van der Waals surface area (Å²) >= 11 is 5.90. The Labute approximate surface area is 128 Å². The summed E-state index contributed by atoms with van der Waals surface area (Å²) in [6, 6.07) is 4.63. The van der Waals surface area contributed by atoms with Gasteiger partial charge >= 0.3 is 12.0 Å². The summed E-state index contributed by atoms with van der Waals surface area (Å²) < 4.78 is 0. The molecule has 0 saturated carbocycles. The summed E-state index contributed by atoms with van der Waals surface area (Å²) in [6.07, 6.45) is 3.99. The normalized spacial score (nSPS) is 18.4. The lowest BCUT2D eigenvalue weighted by atomic mass is 10.0. The SMILES string of the molecule is CCC1CCCCN1C(=O)Nc1cccc(Cl)c1C(=O)O. The quantitative estimate of drug-likeness (QED) is 0.891. The van der Waals surface area contributed by atoms with E-state index >= 15 is 0 Å². The Kier molecular flexibility index (Phi) is 5.07. The number of hydrogen-bond acceptors (Lipinski definition) is 2. The van der Waals surface area contributed by atoms with Gasteiger partial charge in [-0.1, -0.05) is 24.6 Å². The number of piperidine rings is 1. The molecule has 1 aliphatic rings. The summed E-state index contributed by atoms with van der Waals surface area (Å²) in [5.74, 6) is -1.15. The maximum atomic E-state index is 12.4. The van der Waals surface area contributed by atoms with Crippen LogP contribution < -0.4 is 5.32 Å². The van der Waals surface area contributed by atoms with Crippen molar-refractivity contribution in [3.8, 4) is 0 Å². The van der Waals surface area contributed by atoms with E-state index in [1.807, 2.05) is 0 Å². The van der Waals surface area contributed by atoms with E-state index in [4.69, 9.17) is 11.6 Å². The molecule has 1 unspecified atom stereocenters. The molecule has 114 valence electrons. The van der Waals surface area contributed by atoms with Gasteiger partial charge in [0, 0.05) is 12.6 Å². The molecule has 6 heteroatoms. The van der Waals surface area contributed by atoms with Crippen molar-refractivity contribution in [3.05, 3.63) is 28.8 Å². The van der Waals surface area contributed by atoms with Crippen molar-refractivity contribution < 1.29 is 14.7 Å². The Balaban J connectivity index is 2.19. The number of halogens is 1. The Morgan fingerprint density at radius 1 is 1.43 bits per heavy atom. The summed E-state index contributed by atoms with van der Waals surface area (Å²) in [5, 5.41) is 12.0. The van der Waals surface area contributed by atoms with Crippen LogP contribution in [0, 0.1) is 0 Å². The molecule has 0 aliphatic carbocycles. The van der Waals surface area contributed by atoms with Crippen LogP contribution in [-0.2, 0) is 0 Å². The van der Waals surface area contributed by atoms with Gasteiger partial charge < -0.3 is 15.3 Å². The zero-order valence-corrected chi connectivity index (χ0v) is 12.7. The van der Waals surface area contributed by atoms with Gasteiger partial charge in [0.15, 0.2) is 0 Å². The fourth-order valence-corrected chi connectivity index (χ4v) is 2.98. The van der Waals surface area contributed by atoms with E-state index in [1.165, 1.54) is 6.07 Å². The first-order valence-corrected chi connectivity index (χ1v) is 7.51. The first-order chi connectivity index (χ1) is 10.0. The summed E-state index contributed by atoms with van der Waals surface area (Å²) in [6.45, 7) is 2.76. The zero-order chi connectivity index (χ0) is 15.4. The van der Waals surface area contributed by atoms with Crippen molar-refractivity contribution in [2.75, 3.05) is 11.9 Å². The van der Waals surface area contributed by atoms with Crippen LogP contribution in [0.15, 0.2) is 18.2 Å². The minimum atomic E-state index is -1.15. The molecule has 1 aromatic rings. The molecule has 2 rings (SSSR count). The number of carboxylic acids is 1. The van der Waals surface area contributed by atoms with Crippen LogP contribution in [0.5, 0.6) is 0 Å². The average molecular weight is 311 g/mol. The van der Waals surface area contributed by atoms with E-state index in [9.17, 15) is 14.7 Å². The Bertz CT molecular complexity index is 548. The van der Waals surface area contributed by atoms with Crippen LogP contribution >= 0.6 is 11.6 Å². The van der Waals surface area contributed by atoms with Gasteiger partial charge in [0.05, 0.1) is 10.7 Å². The second-order valence-electron chi connectivity index (χ2n) is 5.15. The van der Waals surface area contributed by atoms with Gasteiger partial charge in [0.2, 0.25) is 0 Å². The number of benzene rings is 1. The molecule has 21 heavy (non-hydrogen) atoms. The van der Waals surface area contributed by atoms with Crippen LogP contribution in [0.25, 0.3) is 0 Å². The lowest BCUT2D eigenvalue weighted by Gasteiger charge is -2.35. The third kappa shape index (κ3) is 3.47. The number of hydrogen-bond donors (Lipinski definition) is 2. The van der Waals surface area contributed by atoms with E-state index in [1.54, 1.807) is 17.0 Å². The molecule has 0 spiro atoms. The fraction of sp³-hybridized carbons (Fsp3) is 0.467. The van der Waals surface area contributed by atoms with Crippen LogP contribution in [0.3, 0.4) is 0 Å². The number of carbonyl (C=O) groups excluding carboxylic acids is 1. The molecule has 0 bridgehead atoms. The summed E-state index contributed by atoms with van der Waals surface area (Å²) in [4.78, 5) is 25.5. The number of carboxylic acid groups (broad SMARTS) is 1. The van der Waals surface area contributed by atoms with Crippen LogP contribution in [0.4, 0.5) is 10.5 Å². The van der Waals surface area contributed by atoms with Gasteiger partial charge in [-0.25, -0.2) is 9.59 Å². The second-order valence-corrected chi connectivity index (χ2v) is 5.56. The highest BCUT2D eigenvalue weighted by Crippen LogP contribution is 2.26. The molecule has 1 fully saturated rings. The van der Waals surface area contributed by atoms with Crippen LogP contribution in [0.1, 0.15) is 43.0 Å². The van der Waals surface area contributed by atoms with Gasteiger partial charge in [-0.2, -0.15) is 0 Å². The fourth-order valence-electron chi connectivity index (χ4n) is 2.73. The van der Waals surface area contributed by atoms with E-state index in [0.717, 1.165) is 25.7 Å². The highest BCUT2D eigenvalue weighted by Gasteiger charge is 2.26. The minimum absolute atomic E-state index is 0.0717. The molecule has 0 radical (unpaired) electrons. The Hall–Kier alpha value is -1.75. The van der Waals surface area contributed by atoms with E-state index < -0.39 is 5.97 Å². The largest absolute Gasteiger partial charge is 0.478 e. The standard InChI is InChI=1S/C15H19ClN2O3/c1-2-10-6-3-4-9-18(10)15(21)17-12-8-5-7-11(16)13(12)14(19)20/h5,7-8,10H,2-4,6,9H2,1H3,(H,17,21)(H,19,20). The van der Waals surface area contributed by atoms with Gasteiger partial charge in [-0.05, 0) is 37.8 Å². The number of aromatic carboxylic acids is 1. The number of nitrogens with zero attached hydrogens (tertiary/aromatic N) is 1. The third-order valence-corrected chi connectivity index (χ3v) is 4.14. The molecule has 1 aromatic carbocycles. The second kappa shape index (κ2) is 6.80. The van der Waals surface area contributed by atoms with Gasteiger partial charge in [-0.3, -0.25) is 0 Å². The molecule has 5 nitrogen and oxygen atoms in total. The number of carbonyl (C=O) groups is 2. The lowest BCUT2D eigenvalue weighted by Crippen LogP contribution is -2.45. The van der Waals surface area contributed by atoms with Gasteiger partial charge in [0.25, 0.3) is 0 Å². The predicted molar refractivity (Wildman–Crippen MR) is 82.1 cm³/mol. The van der Waals surface area contributed by atoms with Gasteiger partial charge in [-0.15, -0.1) is 0 Å². The maximum absolute atomic E-state index is 12.4. The van der Waals surface area contributed by atoms with Crippen molar-refractivity contribution in [3.63, 3.8) is 0 Å². The van der Waals surface area contributed by atoms with Crippen molar-refractivity contribution in [2.45, 2.75) is 38.6 Å². The predicted octanol–water partition coefficient (Wildman–Crippen LogP) is 3.83. The lowest BCUT2D eigenvalue weighted by molar-refractivity contribution is 0.0698. The molecule has 2 amide bonds. The first kappa shape index (κ1) is 15.6. The van der Waals surface area contributed by atoms with Crippen molar-refractivity contribution in [1.82, 2.24) is 4.90 Å².